The summed E-state index contributed by atoms with van der Waals surface area (Å²) in [6, 6.07) is 16.1. The summed E-state index contributed by atoms with van der Waals surface area (Å²) in [5, 5.41) is 10.2. The van der Waals surface area contributed by atoms with Gasteiger partial charge in [0.2, 0.25) is 0 Å². The van der Waals surface area contributed by atoms with Crippen molar-refractivity contribution in [1.82, 2.24) is 0 Å². The molecule has 2 atom stereocenters. The standard InChI is InChI=1S/C16H17FO/c1-12(10-13-6-5-9-15(17)11-13)16(18)14-7-3-2-4-8-14/h2-9,11-12,16,18H,10H2,1H3. The molecule has 0 radical (unpaired) electrons. The minimum absolute atomic E-state index is 0.0502. The van der Waals surface area contributed by atoms with Gasteiger partial charge >= 0.3 is 0 Å². The van der Waals surface area contributed by atoms with Crippen molar-refractivity contribution in [3.05, 3.63) is 71.5 Å². The molecule has 2 heteroatoms. The zero-order valence-corrected chi connectivity index (χ0v) is 10.4. The van der Waals surface area contributed by atoms with Crippen LogP contribution in [-0.2, 0) is 6.42 Å². The van der Waals surface area contributed by atoms with Gasteiger partial charge in [-0.15, -0.1) is 0 Å². The fourth-order valence-corrected chi connectivity index (χ4v) is 2.13. The maximum atomic E-state index is 13.1. The fourth-order valence-electron chi connectivity index (χ4n) is 2.13. The molecule has 0 aliphatic heterocycles. The molecule has 2 unspecified atom stereocenters. The van der Waals surface area contributed by atoms with Crippen molar-refractivity contribution in [3.63, 3.8) is 0 Å². The van der Waals surface area contributed by atoms with Crippen LogP contribution in [0.2, 0.25) is 0 Å². The molecule has 1 N–H and O–H groups in total. The van der Waals surface area contributed by atoms with E-state index in [1.165, 1.54) is 12.1 Å². The van der Waals surface area contributed by atoms with Gasteiger partial charge in [-0.25, -0.2) is 4.39 Å². The topological polar surface area (TPSA) is 20.2 Å². The van der Waals surface area contributed by atoms with Crippen LogP contribution < -0.4 is 0 Å². The second-order valence-corrected chi connectivity index (χ2v) is 4.67. The minimum Gasteiger partial charge on any atom is -0.388 e. The van der Waals surface area contributed by atoms with Gasteiger partial charge in [-0.05, 0) is 35.6 Å². The van der Waals surface area contributed by atoms with E-state index in [9.17, 15) is 9.50 Å². The third-order valence-corrected chi connectivity index (χ3v) is 3.13. The Balaban J connectivity index is 2.06. The molecule has 0 bridgehead atoms. The van der Waals surface area contributed by atoms with E-state index in [0.717, 1.165) is 11.1 Å². The molecule has 0 aliphatic carbocycles. The first-order valence-corrected chi connectivity index (χ1v) is 6.14. The van der Waals surface area contributed by atoms with Crippen LogP contribution in [0.1, 0.15) is 24.2 Å². The van der Waals surface area contributed by atoms with Crippen LogP contribution in [0.3, 0.4) is 0 Å². The van der Waals surface area contributed by atoms with E-state index in [-0.39, 0.29) is 11.7 Å². The van der Waals surface area contributed by atoms with E-state index in [1.54, 1.807) is 6.07 Å². The molecule has 0 aromatic heterocycles. The lowest BCUT2D eigenvalue weighted by Crippen LogP contribution is -2.12. The highest BCUT2D eigenvalue weighted by atomic mass is 19.1. The Morgan fingerprint density at radius 2 is 1.78 bits per heavy atom. The normalized spacial score (nSPS) is 14.2. The Morgan fingerprint density at radius 1 is 1.06 bits per heavy atom. The molecule has 94 valence electrons. The van der Waals surface area contributed by atoms with Crippen molar-refractivity contribution in [1.29, 1.82) is 0 Å². The Kier molecular flexibility index (Phi) is 4.11. The van der Waals surface area contributed by atoms with Crippen molar-refractivity contribution < 1.29 is 9.50 Å². The summed E-state index contributed by atoms with van der Waals surface area (Å²) in [6.07, 6.45) is 0.142. The molecule has 0 amide bonds. The van der Waals surface area contributed by atoms with Gasteiger partial charge in [0.15, 0.2) is 0 Å². The SMILES string of the molecule is CC(Cc1cccc(F)c1)C(O)c1ccccc1. The van der Waals surface area contributed by atoms with Crippen molar-refractivity contribution in [3.8, 4) is 0 Å². The van der Waals surface area contributed by atoms with Gasteiger partial charge in [-0.3, -0.25) is 0 Å². The Bertz CT molecular complexity index is 495. The molecule has 2 aromatic carbocycles. The maximum absolute atomic E-state index is 13.1. The summed E-state index contributed by atoms with van der Waals surface area (Å²) in [6.45, 7) is 1.97. The van der Waals surface area contributed by atoms with Crippen LogP contribution in [0.15, 0.2) is 54.6 Å². The van der Waals surface area contributed by atoms with Crippen LogP contribution in [0.25, 0.3) is 0 Å². The van der Waals surface area contributed by atoms with Gasteiger partial charge in [-0.1, -0.05) is 49.4 Å². The molecule has 0 heterocycles. The van der Waals surface area contributed by atoms with Crippen LogP contribution in [-0.4, -0.2) is 5.11 Å². The molecule has 2 rings (SSSR count). The second kappa shape index (κ2) is 5.78. The van der Waals surface area contributed by atoms with Gasteiger partial charge in [0.05, 0.1) is 6.10 Å². The van der Waals surface area contributed by atoms with Gasteiger partial charge in [0.25, 0.3) is 0 Å². The van der Waals surface area contributed by atoms with Gasteiger partial charge in [-0.2, -0.15) is 0 Å². The van der Waals surface area contributed by atoms with Crippen molar-refractivity contribution in [2.45, 2.75) is 19.4 Å². The Morgan fingerprint density at radius 3 is 2.44 bits per heavy atom. The van der Waals surface area contributed by atoms with Crippen molar-refractivity contribution in [2.24, 2.45) is 5.92 Å². The molecule has 18 heavy (non-hydrogen) atoms. The summed E-state index contributed by atoms with van der Waals surface area (Å²) in [7, 11) is 0. The highest BCUT2D eigenvalue weighted by Crippen LogP contribution is 2.24. The zero-order valence-electron chi connectivity index (χ0n) is 10.4. The summed E-state index contributed by atoms with van der Waals surface area (Å²) in [5.74, 6) is -0.178. The molecular formula is C16H17FO. The second-order valence-electron chi connectivity index (χ2n) is 4.67. The first-order chi connectivity index (χ1) is 8.66. The average Bonchev–Trinajstić information content (AvgIpc) is 2.39. The maximum Gasteiger partial charge on any atom is 0.123 e. The molecule has 0 saturated heterocycles. The molecule has 0 fully saturated rings. The van der Waals surface area contributed by atoms with E-state index < -0.39 is 6.10 Å². The van der Waals surface area contributed by atoms with Crippen molar-refractivity contribution in [2.75, 3.05) is 0 Å². The Labute approximate surface area is 107 Å². The molecular weight excluding hydrogens is 227 g/mol. The molecule has 2 aromatic rings. The van der Waals surface area contributed by atoms with Crippen LogP contribution in [0.5, 0.6) is 0 Å². The first kappa shape index (κ1) is 12.8. The number of aliphatic hydroxyl groups excluding tert-OH is 1. The van der Waals surface area contributed by atoms with E-state index in [1.807, 2.05) is 43.3 Å². The third-order valence-electron chi connectivity index (χ3n) is 3.13. The smallest absolute Gasteiger partial charge is 0.123 e. The lowest BCUT2D eigenvalue weighted by molar-refractivity contribution is 0.117. The van der Waals surface area contributed by atoms with Crippen LogP contribution in [0, 0.1) is 11.7 Å². The first-order valence-electron chi connectivity index (χ1n) is 6.14. The fraction of sp³-hybridized carbons (Fsp3) is 0.250. The lowest BCUT2D eigenvalue weighted by atomic mass is 9.91. The summed E-state index contributed by atoms with van der Waals surface area (Å²) in [4.78, 5) is 0. The highest BCUT2D eigenvalue weighted by molar-refractivity contribution is 5.20. The lowest BCUT2D eigenvalue weighted by Gasteiger charge is -2.19. The number of hydrogen-bond acceptors (Lipinski definition) is 1. The Hall–Kier alpha value is -1.67. The van der Waals surface area contributed by atoms with E-state index in [2.05, 4.69) is 0 Å². The average molecular weight is 244 g/mol. The van der Waals surface area contributed by atoms with Crippen molar-refractivity contribution >= 4 is 0 Å². The van der Waals surface area contributed by atoms with Crippen LogP contribution >= 0.6 is 0 Å². The predicted molar refractivity (Wildman–Crippen MR) is 70.7 cm³/mol. The molecule has 0 saturated carbocycles. The summed E-state index contributed by atoms with van der Waals surface area (Å²) >= 11 is 0. The summed E-state index contributed by atoms with van der Waals surface area (Å²) < 4.78 is 13.1. The van der Waals surface area contributed by atoms with Crippen LogP contribution in [0.4, 0.5) is 4.39 Å². The predicted octanol–water partition coefficient (Wildman–Crippen LogP) is 3.74. The quantitative estimate of drug-likeness (QED) is 0.868. The number of rotatable bonds is 4. The van der Waals surface area contributed by atoms with Gasteiger partial charge < -0.3 is 5.11 Å². The van der Waals surface area contributed by atoms with Gasteiger partial charge in [0, 0.05) is 0 Å². The molecule has 0 spiro atoms. The monoisotopic (exact) mass is 244 g/mol. The van der Waals surface area contributed by atoms with Gasteiger partial charge in [0.1, 0.15) is 5.82 Å². The highest BCUT2D eigenvalue weighted by Gasteiger charge is 2.16. The third kappa shape index (κ3) is 3.17. The molecule has 0 aliphatic rings. The number of halogens is 1. The molecule has 1 nitrogen and oxygen atoms in total. The zero-order chi connectivity index (χ0) is 13.0. The van der Waals surface area contributed by atoms with E-state index >= 15 is 0 Å². The largest absolute Gasteiger partial charge is 0.388 e. The number of aliphatic hydroxyl groups is 1. The minimum atomic E-state index is -0.519. The summed E-state index contributed by atoms with van der Waals surface area (Å²) in [5.41, 5.74) is 1.82. The number of hydrogen-bond donors (Lipinski definition) is 1. The van der Waals surface area contributed by atoms with E-state index in [4.69, 9.17) is 0 Å². The van der Waals surface area contributed by atoms with E-state index in [0.29, 0.717) is 6.42 Å². The number of benzene rings is 2.